The Morgan fingerprint density at radius 1 is 1.00 bits per heavy atom. The molecule has 0 atom stereocenters. The first-order valence-electron chi connectivity index (χ1n) is 6.04. The second-order valence-electron chi connectivity index (χ2n) is 3.58. The lowest BCUT2D eigenvalue weighted by Gasteiger charge is -2.05. The van der Waals surface area contributed by atoms with Crippen molar-refractivity contribution in [1.29, 1.82) is 0 Å². The Morgan fingerprint density at radius 3 is 2.06 bits per heavy atom. The third-order valence-corrected chi connectivity index (χ3v) is 2.64. The van der Waals surface area contributed by atoms with Crippen LogP contribution in [0.5, 0.6) is 0 Å². The smallest absolute Gasteiger partial charge is 0.0267 e. The summed E-state index contributed by atoms with van der Waals surface area (Å²) in [6, 6.07) is 0. The van der Waals surface area contributed by atoms with Crippen molar-refractivity contribution in [2.45, 2.75) is 40.5 Å². The lowest BCUT2D eigenvalue weighted by Crippen LogP contribution is -1.85. The Morgan fingerprint density at radius 2 is 1.69 bits per heavy atom. The normalized spacial score (nSPS) is 14.6. The van der Waals surface area contributed by atoms with Crippen molar-refractivity contribution in [3.8, 4) is 0 Å². The van der Waals surface area contributed by atoms with Gasteiger partial charge in [0, 0.05) is 0 Å². The van der Waals surface area contributed by atoms with Crippen LogP contribution in [-0.2, 0) is 0 Å². The molecule has 16 heavy (non-hydrogen) atoms. The fourth-order valence-corrected chi connectivity index (χ4v) is 1.56. The van der Waals surface area contributed by atoms with Gasteiger partial charge in [0.1, 0.15) is 0 Å². The van der Waals surface area contributed by atoms with Crippen LogP contribution in [0.4, 0.5) is 0 Å². The summed E-state index contributed by atoms with van der Waals surface area (Å²) < 4.78 is 0. The molecule has 0 radical (unpaired) electrons. The molecule has 0 bridgehead atoms. The van der Waals surface area contributed by atoms with Gasteiger partial charge in [0.2, 0.25) is 0 Å². The van der Waals surface area contributed by atoms with Crippen LogP contribution in [0.2, 0.25) is 0 Å². The van der Waals surface area contributed by atoms with Crippen molar-refractivity contribution in [2.24, 2.45) is 0 Å². The van der Waals surface area contributed by atoms with E-state index in [4.69, 9.17) is 0 Å². The van der Waals surface area contributed by atoms with Crippen LogP contribution in [-0.4, -0.2) is 0 Å². The molecular formula is C16H24. The summed E-state index contributed by atoms with van der Waals surface area (Å²) in [7, 11) is 0. The van der Waals surface area contributed by atoms with Gasteiger partial charge in [0.05, 0.1) is 0 Å². The van der Waals surface area contributed by atoms with E-state index in [-0.39, 0.29) is 0 Å². The van der Waals surface area contributed by atoms with E-state index in [2.05, 4.69) is 64.7 Å². The maximum atomic E-state index is 3.75. The van der Waals surface area contributed by atoms with E-state index in [9.17, 15) is 0 Å². The van der Waals surface area contributed by atoms with Crippen molar-refractivity contribution >= 4 is 0 Å². The lowest BCUT2D eigenvalue weighted by molar-refractivity contribution is 1.11. The summed E-state index contributed by atoms with van der Waals surface area (Å²) in [6.07, 6.45) is 14.8. The van der Waals surface area contributed by atoms with Crippen molar-refractivity contribution < 1.29 is 0 Å². The van der Waals surface area contributed by atoms with E-state index < -0.39 is 0 Å². The lowest BCUT2D eigenvalue weighted by atomic mass is 10.0. The molecule has 0 nitrogen and oxygen atoms in total. The molecule has 0 aromatic rings. The minimum atomic E-state index is 1.04. The molecule has 0 heterocycles. The van der Waals surface area contributed by atoms with Crippen LogP contribution < -0.4 is 0 Å². The fraction of sp³-hybridized carbons (Fsp3) is 0.375. The number of allylic oxidation sites excluding steroid dienone is 9. The van der Waals surface area contributed by atoms with Crippen LogP contribution >= 0.6 is 0 Å². The monoisotopic (exact) mass is 216 g/mol. The summed E-state index contributed by atoms with van der Waals surface area (Å²) in [5, 5.41) is 0. The van der Waals surface area contributed by atoms with Crippen LogP contribution in [0, 0.1) is 0 Å². The number of hydrogen-bond acceptors (Lipinski definition) is 0. The topological polar surface area (TPSA) is 0 Å². The van der Waals surface area contributed by atoms with Crippen molar-refractivity contribution in [3.63, 3.8) is 0 Å². The summed E-state index contributed by atoms with van der Waals surface area (Å²) in [5.41, 5.74) is 3.99. The van der Waals surface area contributed by atoms with Gasteiger partial charge in [-0.2, -0.15) is 0 Å². The summed E-state index contributed by atoms with van der Waals surface area (Å²) in [5.74, 6) is 0. The molecule has 0 rings (SSSR count). The van der Waals surface area contributed by atoms with Gasteiger partial charge in [-0.05, 0) is 37.8 Å². The van der Waals surface area contributed by atoms with Gasteiger partial charge < -0.3 is 0 Å². The number of hydrogen-bond donors (Lipinski definition) is 0. The summed E-state index contributed by atoms with van der Waals surface area (Å²) in [6.45, 7) is 12.3. The van der Waals surface area contributed by atoms with E-state index in [1.54, 1.807) is 0 Å². The van der Waals surface area contributed by atoms with Gasteiger partial charge in [-0.3, -0.25) is 0 Å². The Balaban J connectivity index is 4.91. The quantitative estimate of drug-likeness (QED) is 0.524. The van der Waals surface area contributed by atoms with Crippen LogP contribution in [0.3, 0.4) is 0 Å². The molecule has 0 amide bonds. The van der Waals surface area contributed by atoms with Gasteiger partial charge in [0.25, 0.3) is 0 Å². The largest absolute Gasteiger partial charge is 0.0991 e. The van der Waals surface area contributed by atoms with E-state index in [1.165, 1.54) is 16.7 Å². The average Bonchev–Trinajstić information content (AvgIpc) is 2.33. The first-order valence-corrected chi connectivity index (χ1v) is 6.04. The summed E-state index contributed by atoms with van der Waals surface area (Å²) in [4.78, 5) is 0. The fourth-order valence-electron chi connectivity index (χ4n) is 1.56. The highest BCUT2D eigenvalue weighted by Crippen LogP contribution is 2.17. The van der Waals surface area contributed by atoms with Gasteiger partial charge >= 0.3 is 0 Å². The van der Waals surface area contributed by atoms with Gasteiger partial charge in [-0.15, -0.1) is 0 Å². The molecule has 0 aliphatic heterocycles. The van der Waals surface area contributed by atoms with E-state index in [0.717, 1.165) is 12.8 Å². The first-order chi connectivity index (χ1) is 7.73. The third-order valence-electron chi connectivity index (χ3n) is 2.64. The first kappa shape index (κ1) is 14.7. The highest BCUT2D eigenvalue weighted by molar-refractivity contribution is 5.42. The molecule has 0 heteroatoms. The van der Waals surface area contributed by atoms with Gasteiger partial charge in [-0.1, -0.05) is 62.5 Å². The Kier molecular flexibility index (Phi) is 8.24. The molecule has 0 saturated carbocycles. The zero-order valence-corrected chi connectivity index (χ0v) is 11.1. The molecule has 0 aromatic heterocycles. The SMILES string of the molecule is C=CC=C(CC)C(C=CC(=CC)CC)=CC. The van der Waals surface area contributed by atoms with Crippen molar-refractivity contribution in [3.05, 3.63) is 59.8 Å². The zero-order chi connectivity index (χ0) is 12.4. The second kappa shape index (κ2) is 8.96. The van der Waals surface area contributed by atoms with Crippen LogP contribution in [0.25, 0.3) is 0 Å². The van der Waals surface area contributed by atoms with E-state index in [0.29, 0.717) is 0 Å². The maximum absolute atomic E-state index is 3.75. The predicted octanol–water partition coefficient (Wildman–Crippen LogP) is 5.37. The van der Waals surface area contributed by atoms with Gasteiger partial charge in [-0.25, -0.2) is 0 Å². The third kappa shape index (κ3) is 4.97. The molecule has 0 aliphatic carbocycles. The Labute approximate surface area is 101 Å². The Hall–Kier alpha value is -1.30. The molecule has 88 valence electrons. The van der Waals surface area contributed by atoms with E-state index >= 15 is 0 Å². The molecule has 0 spiro atoms. The predicted molar refractivity (Wildman–Crippen MR) is 75.5 cm³/mol. The molecule has 0 aromatic carbocycles. The minimum Gasteiger partial charge on any atom is -0.0991 e. The van der Waals surface area contributed by atoms with Crippen LogP contribution in [0.1, 0.15) is 40.5 Å². The molecule has 0 aliphatic rings. The van der Waals surface area contributed by atoms with Crippen LogP contribution in [0.15, 0.2) is 59.8 Å². The molecule has 0 unspecified atom stereocenters. The van der Waals surface area contributed by atoms with E-state index in [1.807, 2.05) is 6.08 Å². The Bertz CT molecular complexity index is 322. The maximum Gasteiger partial charge on any atom is -0.0267 e. The molecular weight excluding hydrogens is 192 g/mol. The summed E-state index contributed by atoms with van der Waals surface area (Å²) >= 11 is 0. The zero-order valence-electron chi connectivity index (χ0n) is 11.1. The highest BCUT2D eigenvalue weighted by atomic mass is 14.0. The number of rotatable bonds is 6. The molecule has 0 fully saturated rings. The van der Waals surface area contributed by atoms with Crippen molar-refractivity contribution in [2.75, 3.05) is 0 Å². The standard InChI is InChI=1S/C16H24/c1-6-11-15(9-4)16(10-5)13-12-14(7-2)8-3/h6-7,10-13H,1,8-9H2,2-5H3. The second-order valence-corrected chi connectivity index (χ2v) is 3.58. The highest BCUT2D eigenvalue weighted by Gasteiger charge is 1.97. The van der Waals surface area contributed by atoms with Crippen molar-refractivity contribution in [1.82, 2.24) is 0 Å². The minimum absolute atomic E-state index is 1.04. The molecule has 0 saturated heterocycles. The molecule has 0 N–H and O–H groups in total. The van der Waals surface area contributed by atoms with Gasteiger partial charge in [0.15, 0.2) is 0 Å². The average molecular weight is 216 g/mol.